The van der Waals surface area contributed by atoms with Gasteiger partial charge in [0.25, 0.3) is 0 Å². The summed E-state index contributed by atoms with van der Waals surface area (Å²) in [5.41, 5.74) is 1.17. The van der Waals surface area contributed by atoms with Gasteiger partial charge in [-0.15, -0.1) is 0 Å². The molecule has 0 unspecified atom stereocenters. The summed E-state index contributed by atoms with van der Waals surface area (Å²) in [6.07, 6.45) is 0. The van der Waals surface area contributed by atoms with Gasteiger partial charge in [-0.1, -0.05) is 0 Å². The van der Waals surface area contributed by atoms with E-state index in [9.17, 15) is 4.79 Å². The number of aromatic nitrogens is 1. The molecule has 0 aliphatic rings. The van der Waals surface area contributed by atoms with E-state index in [1.54, 1.807) is 19.1 Å². The number of likely N-dealkylation sites (N-methyl/N-ethyl adjacent to an activating group) is 1. The lowest BCUT2D eigenvalue weighted by molar-refractivity contribution is 0.0599. The molecule has 0 bridgehead atoms. The molecule has 2 N–H and O–H groups in total. The smallest absolute Gasteiger partial charge is 0.339 e. The summed E-state index contributed by atoms with van der Waals surface area (Å²) in [6.45, 7) is 3.44. The molecule has 0 fully saturated rings. The Hall–Kier alpha value is -1.62. The molecule has 5 heteroatoms. The zero-order chi connectivity index (χ0) is 12.0. The van der Waals surface area contributed by atoms with Crippen molar-refractivity contribution in [2.24, 2.45) is 0 Å². The maximum Gasteiger partial charge on any atom is 0.339 e. The van der Waals surface area contributed by atoms with E-state index in [0.29, 0.717) is 11.3 Å². The lowest BCUT2D eigenvalue weighted by Crippen LogP contribution is -2.18. The summed E-state index contributed by atoms with van der Waals surface area (Å²) in [6, 6.07) is 3.49. The third-order valence-corrected chi connectivity index (χ3v) is 2.17. The Morgan fingerprint density at radius 2 is 2.19 bits per heavy atom. The van der Waals surface area contributed by atoms with Crippen LogP contribution in [0.3, 0.4) is 0 Å². The predicted molar refractivity (Wildman–Crippen MR) is 62.7 cm³/mol. The van der Waals surface area contributed by atoms with Crippen LogP contribution in [0.1, 0.15) is 16.1 Å². The van der Waals surface area contributed by atoms with Gasteiger partial charge in [0.1, 0.15) is 5.82 Å². The summed E-state index contributed by atoms with van der Waals surface area (Å²) in [4.78, 5) is 15.6. The van der Waals surface area contributed by atoms with Crippen LogP contribution in [0.2, 0.25) is 0 Å². The van der Waals surface area contributed by atoms with E-state index in [1.165, 1.54) is 7.11 Å². The van der Waals surface area contributed by atoms with E-state index in [0.717, 1.165) is 18.9 Å². The Bertz CT molecular complexity index is 366. The summed E-state index contributed by atoms with van der Waals surface area (Å²) in [7, 11) is 3.25. The van der Waals surface area contributed by atoms with Gasteiger partial charge in [-0.2, -0.15) is 0 Å². The van der Waals surface area contributed by atoms with Gasteiger partial charge in [0, 0.05) is 13.1 Å². The molecule has 0 amide bonds. The number of ether oxygens (including phenoxy) is 1. The monoisotopic (exact) mass is 223 g/mol. The highest BCUT2D eigenvalue weighted by Crippen LogP contribution is 2.11. The van der Waals surface area contributed by atoms with Crippen molar-refractivity contribution < 1.29 is 9.53 Å². The second-order valence-electron chi connectivity index (χ2n) is 3.35. The Kier molecular flexibility index (Phi) is 4.72. The lowest BCUT2D eigenvalue weighted by Gasteiger charge is -2.08. The lowest BCUT2D eigenvalue weighted by atomic mass is 10.2. The van der Waals surface area contributed by atoms with Crippen molar-refractivity contribution in [1.29, 1.82) is 0 Å². The van der Waals surface area contributed by atoms with Gasteiger partial charge in [0.2, 0.25) is 0 Å². The van der Waals surface area contributed by atoms with Gasteiger partial charge in [-0.05, 0) is 26.1 Å². The fourth-order valence-electron chi connectivity index (χ4n) is 1.30. The number of hydrogen-bond acceptors (Lipinski definition) is 5. The average molecular weight is 223 g/mol. The van der Waals surface area contributed by atoms with Crippen molar-refractivity contribution in [2.75, 3.05) is 32.6 Å². The van der Waals surface area contributed by atoms with E-state index in [4.69, 9.17) is 0 Å². The summed E-state index contributed by atoms with van der Waals surface area (Å²) in [5.74, 6) is 0.409. The van der Waals surface area contributed by atoms with Crippen LogP contribution in [0.5, 0.6) is 0 Å². The third kappa shape index (κ3) is 3.20. The number of nitrogens with one attached hydrogen (secondary N) is 2. The van der Waals surface area contributed by atoms with E-state index in [2.05, 4.69) is 20.4 Å². The van der Waals surface area contributed by atoms with Crippen molar-refractivity contribution in [1.82, 2.24) is 10.3 Å². The van der Waals surface area contributed by atoms with Gasteiger partial charge in [0.15, 0.2) is 0 Å². The van der Waals surface area contributed by atoms with Gasteiger partial charge in [0.05, 0.1) is 18.4 Å². The predicted octanol–water partition coefficient (Wildman–Crippen LogP) is 0.808. The van der Waals surface area contributed by atoms with E-state index in [-0.39, 0.29) is 5.97 Å². The molecule has 0 atom stereocenters. The number of nitrogens with zero attached hydrogens (tertiary/aromatic N) is 1. The first kappa shape index (κ1) is 12.4. The first-order valence-electron chi connectivity index (χ1n) is 5.13. The number of anilines is 1. The molecule has 1 heterocycles. The number of methoxy groups -OCH3 is 1. The molecule has 16 heavy (non-hydrogen) atoms. The van der Waals surface area contributed by atoms with Crippen LogP contribution >= 0.6 is 0 Å². The summed E-state index contributed by atoms with van der Waals surface area (Å²) < 4.78 is 4.65. The average Bonchev–Trinajstić information content (AvgIpc) is 2.29. The SMILES string of the molecule is CNCCNc1ccc(C(=O)OC)c(C)n1. The Labute approximate surface area is 95.2 Å². The van der Waals surface area contributed by atoms with Crippen LogP contribution in [-0.4, -0.2) is 38.2 Å². The Morgan fingerprint density at radius 3 is 2.75 bits per heavy atom. The highest BCUT2D eigenvalue weighted by molar-refractivity contribution is 5.90. The number of carbonyl (C=O) groups is 1. The standard InChI is InChI=1S/C11H17N3O2/c1-8-9(11(15)16-3)4-5-10(14-8)13-7-6-12-2/h4-5,12H,6-7H2,1-3H3,(H,13,14). The second-order valence-corrected chi connectivity index (χ2v) is 3.35. The number of aryl methyl sites for hydroxylation is 1. The third-order valence-electron chi connectivity index (χ3n) is 2.17. The van der Waals surface area contributed by atoms with Crippen LogP contribution in [-0.2, 0) is 4.74 Å². The van der Waals surface area contributed by atoms with E-state index >= 15 is 0 Å². The minimum atomic E-state index is -0.355. The quantitative estimate of drug-likeness (QED) is 0.571. The largest absolute Gasteiger partial charge is 0.465 e. The molecule has 0 spiro atoms. The van der Waals surface area contributed by atoms with Gasteiger partial charge >= 0.3 is 5.97 Å². The first-order valence-corrected chi connectivity index (χ1v) is 5.13. The molecular formula is C11H17N3O2. The topological polar surface area (TPSA) is 63.2 Å². The molecular weight excluding hydrogens is 206 g/mol. The number of carbonyl (C=O) groups excluding carboxylic acids is 1. The zero-order valence-corrected chi connectivity index (χ0v) is 9.83. The molecule has 1 aromatic rings. The van der Waals surface area contributed by atoms with Crippen molar-refractivity contribution in [3.05, 3.63) is 23.4 Å². The maximum atomic E-state index is 11.3. The molecule has 0 saturated carbocycles. The second kappa shape index (κ2) is 6.07. The normalized spacial score (nSPS) is 9.94. The summed E-state index contributed by atoms with van der Waals surface area (Å²) >= 11 is 0. The fourth-order valence-corrected chi connectivity index (χ4v) is 1.30. The summed E-state index contributed by atoms with van der Waals surface area (Å²) in [5, 5.41) is 6.17. The maximum absolute atomic E-state index is 11.3. The molecule has 0 aromatic carbocycles. The highest BCUT2D eigenvalue weighted by atomic mass is 16.5. The Morgan fingerprint density at radius 1 is 1.44 bits per heavy atom. The number of hydrogen-bond donors (Lipinski definition) is 2. The molecule has 5 nitrogen and oxygen atoms in total. The van der Waals surface area contributed by atoms with Crippen LogP contribution in [0, 0.1) is 6.92 Å². The highest BCUT2D eigenvalue weighted by Gasteiger charge is 2.10. The molecule has 0 aliphatic carbocycles. The number of esters is 1. The molecule has 0 aliphatic heterocycles. The first-order chi connectivity index (χ1) is 7.69. The van der Waals surface area contributed by atoms with Crippen molar-refractivity contribution in [3.63, 3.8) is 0 Å². The van der Waals surface area contributed by atoms with E-state index in [1.807, 2.05) is 7.05 Å². The van der Waals surface area contributed by atoms with Gasteiger partial charge in [-0.25, -0.2) is 9.78 Å². The minimum absolute atomic E-state index is 0.355. The molecule has 0 saturated heterocycles. The number of pyridine rings is 1. The minimum Gasteiger partial charge on any atom is -0.465 e. The van der Waals surface area contributed by atoms with Crippen molar-refractivity contribution in [2.45, 2.75) is 6.92 Å². The van der Waals surface area contributed by atoms with E-state index < -0.39 is 0 Å². The van der Waals surface area contributed by atoms with Crippen molar-refractivity contribution >= 4 is 11.8 Å². The van der Waals surface area contributed by atoms with Crippen molar-refractivity contribution in [3.8, 4) is 0 Å². The van der Waals surface area contributed by atoms with Gasteiger partial charge in [-0.3, -0.25) is 0 Å². The van der Waals surface area contributed by atoms with Crippen LogP contribution in [0.4, 0.5) is 5.82 Å². The van der Waals surface area contributed by atoms with Crippen LogP contribution < -0.4 is 10.6 Å². The molecule has 1 aromatic heterocycles. The van der Waals surface area contributed by atoms with Crippen LogP contribution in [0.25, 0.3) is 0 Å². The molecule has 88 valence electrons. The fraction of sp³-hybridized carbons (Fsp3) is 0.455. The van der Waals surface area contributed by atoms with Crippen LogP contribution in [0.15, 0.2) is 12.1 Å². The zero-order valence-electron chi connectivity index (χ0n) is 9.83. The molecule has 1 rings (SSSR count). The molecule has 0 radical (unpaired) electrons. The number of rotatable bonds is 5. The van der Waals surface area contributed by atoms with Gasteiger partial charge < -0.3 is 15.4 Å². The Balaban J connectivity index is 2.71.